The molecule has 1 unspecified atom stereocenters. The maximum atomic E-state index is 11.8. The van der Waals surface area contributed by atoms with E-state index in [4.69, 9.17) is 0 Å². The van der Waals surface area contributed by atoms with Crippen LogP contribution in [0.3, 0.4) is 0 Å². The van der Waals surface area contributed by atoms with Crippen molar-refractivity contribution in [2.45, 2.75) is 31.7 Å². The first-order valence-corrected chi connectivity index (χ1v) is 6.62. The zero-order valence-corrected chi connectivity index (χ0v) is 10.8. The molecule has 2 amide bonds. The molecule has 5 nitrogen and oxygen atoms in total. The Labute approximate surface area is 112 Å². The first-order valence-electron chi connectivity index (χ1n) is 6.62. The minimum absolute atomic E-state index is 0.0481. The van der Waals surface area contributed by atoms with Gasteiger partial charge in [-0.05, 0) is 24.8 Å². The third-order valence-corrected chi connectivity index (χ3v) is 3.15. The van der Waals surface area contributed by atoms with Crippen molar-refractivity contribution in [1.29, 1.82) is 0 Å². The Morgan fingerprint density at radius 3 is 2.79 bits per heavy atom. The Kier molecular flexibility index (Phi) is 4.92. The Balaban J connectivity index is 1.63. The third kappa shape index (κ3) is 4.37. The van der Waals surface area contributed by atoms with Gasteiger partial charge in [-0.3, -0.25) is 15.0 Å². The third-order valence-electron chi connectivity index (χ3n) is 3.15. The molecule has 1 aromatic carbocycles. The molecule has 0 aliphatic carbocycles. The predicted molar refractivity (Wildman–Crippen MR) is 72.1 cm³/mol. The standard InChI is InChI=1S/C14H19N3O2/c18-13-9-8-12(16-17-13)14(19)15-10-4-7-11-5-2-1-3-6-11/h1-3,5-6,12,16H,4,7-10H2,(H,15,19)(H,17,18). The molecule has 1 atom stereocenters. The number of amides is 2. The van der Waals surface area contributed by atoms with Crippen LogP contribution in [0.5, 0.6) is 0 Å². The number of aryl methyl sites for hydroxylation is 1. The monoisotopic (exact) mass is 261 g/mol. The molecule has 0 saturated carbocycles. The van der Waals surface area contributed by atoms with Crippen LogP contribution in [0, 0.1) is 0 Å². The van der Waals surface area contributed by atoms with Crippen LogP contribution in [-0.2, 0) is 16.0 Å². The van der Waals surface area contributed by atoms with Gasteiger partial charge >= 0.3 is 0 Å². The summed E-state index contributed by atoms with van der Waals surface area (Å²) < 4.78 is 0. The first kappa shape index (κ1) is 13.5. The van der Waals surface area contributed by atoms with E-state index in [-0.39, 0.29) is 17.9 Å². The Morgan fingerprint density at radius 2 is 2.11 bits per heavy atom. The van der Waals surface area contributed by atoms with Gasteiger partial charge in [0.1, 0.15) is 6.04 Å². The SMILES string of the molecule is O=C1CCC(C(=O)NCCCc2ccccc2)NN1. The van der Waals surface area contributed by atoms with E-state index in [9.17, 15) is 9.59 Å². The van der Waals surface area contributed by atoms with Gasteiger partial charge in [-0.25, -0.2) is 5.43 Å². The quantitative estimate of drug-likeness (QED) is 0.677. The van der Waals surface area contributed by atoms with Gasteiger partial charge in [-0.2, -0.15) is 0 Å². The van der Waals surface area contributed by atoms with Crippen LogP contribution in [0.15, 0.2) is 30.3 Å². The smallest absolute Gasteiger partial charge is 0.238 e. The number of carbonyl (C=O) groups is 2. The van der Waals surface area contributed by atoms with Crippen molar-refractivity contribution in [1.82, 2.24) is 16.2 Å². The van der Waals surface area contributed by atoms with Gasteiger partial charge in [-0.15, -0.1) is 0 Å². The van der Waals surface area contributed by atoms with Crippen LogP contribution in [0.2, 0.25) is 0 Å². The highest BCUT2D eigenvalue weighted by molar-refractivity contribution is 5.85. The summed E-state index contributed by atoms with van der Waals surface area (Å²) in [4.78, 5) is 22.7. The van der Waals surface area contributed by atoms with Gasteiger partial charge in [0.15, 0.2) is 0 Å². The highest BCUT2D eigenvalue weighted by Gasteiger charge is 2.23. The lowest BCUT2D eigenvalue weighted by molar-refractivity contribution is -0.128. The summed E-state index contributed by atoms with van der Waals surface area (Å²) in [5.74, 6) is -0.110. The molecule has 0 radical (unpaired) electrons. The molecule has 1 aliphatic heterocycles. The van der Waals surface area contributed by atoms with E-state index in [1.165, 1.54) is 5.56 Å². The zero-order chi connectivity index (χ0) is 13.5. The number of nitrogens with one attached hydrogen (secondary N) is 3. The number of hydrogen-bond acceptors (Lipinski definition) is 3. The minimum atomic E-state index is -0.311. The van der Waals surface area contributed by atoms with Gasteiger partial charge in [-0.1, -0.05) is 30.3 Å². The van der Waals surface area contributed by atoms with Crippen LogP contribution in [0.25, 0.3) is 0 Å². The van der Waals surface area contributed by atoms with Crippen LogP contribution in [0.1, 0.15) is 24.8 Å². The van der Waals surface area contributed by atoms with E-state index in [1.54, 1.807) is 0 Å². The van der Waals surface area contributed by atoms with Crippen molar-refractivity contribution in [2.24, 2.45) is 0 Å². The lowest BCUT2D eigenvalue weighted by Crippen LogP contribution is -2.55. The summed E-state index contributed by atoms with van der Waals surface area (Å²) in [6.45, 7) is 0.653. The summed E-state index contributed by atoms with van der Waals surface area (Å²) >= 11 is 0. The topological polar surface area (TPSA) is 70.2 Å². The maximum absolute atomic E-state index is 11.8. The van der Waals surface area contributed by atoms with Gasteiger partial charge in [0.25, 0.3) is 0 Å². The van der Waals surface area contributed by atoms with E-state index in [0.29, 0.717) is 19.4 Å². The van der Waals surface area contributed by atoms with Crippen LogP contribution in [0.4, 0.5) is 0 Å². The summed E-state index contributed by atoms with van der Waals surface area (Å²) in [5.41, 5.74) is 6.47. The highest BCUT2D eigenvalue weighted by Crippen LogP contribution is 2.03. The van der Waals surface area contributed by atoms with Crippen molar-refractivity contribution in [3.05, 3.63) is 35.9 Å². The van der Waals surface area contributed by atoms with Crippen molar-refractivity contribution in [2.75, 3.05) is 6.54 Å². The molecule has 19 heavy (non-hydrogen) atoms. The molecule has 3 N–H and O–H groups in total. The van der Waals surface area contributed by atoms with Gasteiger partial charge in [0.2, 0.25) is 11.8 Å². The molecule has 102 valence electrons. The minimum Gasteiger partial charge on any atom is -0.355 e. The van der Waals surface area contributed by atoms with E-state index in [0.717, 1.165) is 12.8 Å². The molecule has 0 aromatic heterocycles. The molecule has 2 rings (SSSR count). The molecular formula is C14H19N3O2. The maximum Gasteiger partial charge on any atom is 0.238 e. The first-order chi connectivity index (χ1) is 9.25. The number of benzene rings is 1. The fraction of sp³-hybridized carbons (Fsp3) is 0.429. The van der Waals surface area contributed by atoms with Gasteiger partial charge < -0.3 is 5.32 Å². The van der Waals surface area contributed by atoms with E-state index >= 15 is 0 Å². The zero-order valence-electron chi connectivity index (χ0n) is 10.8. The van der Waals surface area contributed by atoms with Crippen LogP contribution < -0.4 is 16.2 Å². The fourth-order valence-corrected chi connectivity index (χ4v) is 2.05. The van der Waals surface area contributed by atoms with Crippen molar-refractivity contribution < 1.29 is 9.59 Å². The summed E-state index contributed by atoms with van der Waals surface area (Å²) in [6, 6.07) is 9.88. The van der Waals surface area contributed by atoms with Gasteiger partial charge in [0, 0.05) is 13.0 Å². The average Bonchev–Trinajstić information content (AvgIpc) is 2.45. The van der Waals surface area contributed by atoms with Crippen LogP contribution in [-0.4, -0.2) is 24.4 Å². The second kappa shape index (κ2) is 6.89. The molecule has 1 heterocycles. The second-order valence-corrected chi connectivity index (χ2v) is 4.66. The number of carbonyl (C=O) groups excluding carboxylic acids is 2. The predicted octanol–water partition coefficient (Wildman–Crippen LogP) is 0.519. The molecule has 0 bridgehead atoms. The summed E-state index contributed by atoms with van der Waals surface area (Å²) in [7, 11) is 0. The Hall–Kier alpha value is -1.88. The molecular weight excluding hydrogens is 242 g/mol. The van der Waals surface area contributed by atoms with Crippen molar-refractivity contribution in [3.63, 3.8) is 0 Å². The fourth-order valence-electron chi connectivity index (χ4n) is 2.05. The van der Waals surface area contributed by atoms with E-state index in [1.807, 2.05) is 18.2 Å². The van der Waals surface area contributed by atoms with Crippen molar-refractivity contribution >= 4 is 11.8 Å². The van der Waals surface area contributed by atoms with E-state index in [2.05, 4.69) is 28.3 Å². The summed E-state index contributed by atoms with van der Waals surface area (Å²) in [6.07, 6.45) is 2.82. The molecule has 5 heteroatoms. The molecule has 0 spiro atoms. The number of hydrogen-bond donors (Lipinski definition) is 3. The van der Waals surface area contributed by atoms with E-state index < -0.39 is 0 Å². The Morgan fingerprint density at radius 1 is 1.32 bits per heavy atom. The molecule has 1 fully saturated rings. The largest absolute Gasteiger partial charge is 0.355 e. The highest BCUT2D eigenvalue weighted by atomic mass is 16.2. The Bertz CT molecular complexity index is 424. The molecule has 1 aromatic rings. The lowest BCUT2D eigenvalue weighted by Gasteiger charge is -2.22. The average molecular weight is 261 g/mol. The molecule has 1 saturated heterocycles. The van der Waals surface area contributed by atoms with Crippen LogP contribution >= 0.6 is 0 Å². The van der Waals surface area contributed by atoms with Crippen molar-refractivity contribution in [3.8, 4) is 0 Å². The normalized spacial score (nSPS) is 18.7. The molecule has 1 aliphatic rings. The lowest BCUT2D eigenvalue weighted by atomic mass is 10.1. The second-order valence-electron chi connectivity index (χ2n) is 4.66. The number of hydrazine groups is 1. The summed E-state index contributed by atoms with van der Waals surface area (Å²) in [5, 5.41) is 2.88. The van der Waals surface area contributed by atoms with Gasteiger partial charge in [0.05, 0.1) is 0 Å². The number of rotatable bonds is 5.